The second-order valence-corrected chi connectivity index (χ2v) is 3.75. The zero-order valence-electron chi connectivity index (χ0n) is 6.96. The van der Waals surface area contributed by atoms with Gasteiger partial charge in [0.2, 0.25) is 0 Å². The van der Waals surface area contributed by atoms with Gasteiger partial charge in [0.25, 0.3) is 0 Å². The van der Waals surface area contributed by atoms with E-state index in [1.807, 2.05) is 12.1 Å². The van der Waals surface area contributed by atoms with Crippen molar-refractivity contribution in [3.05, 3.63) is 35.2 Å². The van der Waals surface area contributed by atoms with Gasteiger partial charge in [-0.15, -0.1) is 0 Å². The second-order valence-electron chi connectivity index (χ2n) is 2.95. The van der Waals surface area contributed by atoms with Crippen LogP contribution in [0.5, 0.6) is 0 Å². The smallest absolute Gasteiger partial charge is 0.147 e. The van der Waals surface area contributed by atoms with Crippen molar-refractivity contribution in [1.82, 2.24) is 4.98 Å². The molecule has 1 heterocycles. The summed E-state index contributed by atoms with van der Waals surface area (Å²) in [5, 5.41) is 0. The molecular weight excluding hydrogens is 230 g/mol. The normalized spacial score (nSPS) is 15.5. The number of aromatic nitrogens is 1. The highest BCUT2D eigenvalue weighted by molar-refractivity contribution is 9.15. The van der Waals surface area contributed by atoms with Crippen LogP contribution in [0.2, 0.25) is 0 Å². The number of hydrogen-bond acceptors (Lipinski definition) is 2. The maximum absolute atomic E-state index is 10.7. The predicted octanol–water partition coefficient (Wildman–Crippen LogP) is 2.33. The fourth-order valence-corrected chi connectivity index (χ4v) is 2.14. The molecule has 0 fully saturated rings. The van der Waals surface area contributed by atoms with E-state index in [0.29, 0.717) is 0 Å². The first-order valence-electron chi connectivity index (χ1n) is 4.11. The summed E-state index contributed by atoms with van der Waals surface area (Å²) in [7, 11) is 0. The van der Waals surface area contributed by atoms with Crippen molar-refractivity contribution < 1.29 is 4.79 Å². The molecule has 0 radical (unpaired) electrons. The van der Waals surface area contributed by atoms with Crippen molar-refractivity contribution in [1.29, 1.82) is 0 Å². The molecule has 1 aliphatic rings. The number of carbonyl (C=O) groups excluding carboxylic acids is 1. The van der Waals surface area contributed by atoms with Crippen molar-refractivity contribution in [2.45, 2.75) is 12.8 Å². The van der Waals surface area contributed by atoms with Crippen molar-refractivity contribution in [2.24, 2.45) is 0 Å². The van der Waals surface area contributed by atoms with E-state index in [1.165, 1.54) is 0 Å². The van der Waals surface area contributed by atoms with Gasteiger partial charge < -0.3 is 0 Å². The van der Waals surface area contributed by atoms with E-state index in [1.54, 1.807) is 6.20 Å². The summed E-state index contributed by atoms with van der Waals surface area (Å²) < 4.78 is 0.900. The molecule has 0 saturated heterocycles. The lowest BCUT2D eigenvalue weighted by Gasteiger charge is -2.15. The third-order valence-electron chi connectivity index (χ3n) is 2.18. The molecule has 66 valence electrons. The van der Waals surface area contributed by atoms with Crippen LogP contribution >= 0.6 is 15.9 Å². The largest absolute Gasteiger partial charge is 0.298 e. The lowest BCUT2D eigenvalue weighted by molar-refractivity contribution is -0.105. The molecule has 3 heteroatoms. The number of allylic oxidation sites excluding steroid dienone is 1. The predicted molar refractivity (Wildman–Crippen MR) is 54.5 cm³/mol. The standard InChI is InChI=1S/C10H8BrNO/c11-10-7(6-13)3-4-9-8(10)2-1-5-12-9/h1-2,5-6H,3-4H2. The van der Waals surface area contributed by atoms with E-state index in [9.17, 15) is 4.79 Å². The van der Waals surface area contributed by atoms with Gasteiger partial charge in [0.1, 0.15) is 6.29 Å². The Balaban J connectivity index is 2.58. The molecule has 1 aromatic rings. The Hall–Kier alpha value is -0.960. The first kappa shape index (κ1) is 8.63. The van der Waals surface area contributed by atoms with E-state index in [-0.39, 0.29) is 0 Å². The zero-order chi connectivity index (χ0) is 9.26. The Morgan fingerprint density at radius 2 is 2.31 bits per heavy atom. The number of hydrogen-bond donors (Lipinski definition) is 0. The number of carbonyl (C=O) groups is 1. The van der Waals surface area contributed by atoms with Gasteiger partial charge in [-0.1, -0.05) is 6.07 Å². The first-order valence-corrected chi connectivity index (χ1v) is 4.90. The van der Waals surface area contributed by atoms with E-state index in [2.05, 4.69) is 20.9 Å². The van der Waals surface area contributed by atoms with Crippen molar-refractivity contribution >= 4 is 26.7 Å². The highest BCUT2D eigenvalue weighted by Gasteiger charge is 2.16. The van der Waals surface area contributed by atoms with Crippen LogP contribution in [0.25, 0.3) is 4.48 Å². The third kappa shape index (κ3) is 1.44. The van der Waals surface area contributed by atoms with Crippen molar-refractivity contribution in [2.75, 3.05) is 0 Å². The molecule has 1 aliphatic carbocycles. The highest BCUT2D eigenvalue weighted by Crippen LogP contribution is 2.33. The number of aryl methyl sites for hydroxylation is 1. The van der Waals surface area contributed by atoms with Crippen LogP contribution in [0, 0.1) is 0 Å². The number of fused-ring (bicyclic) bond motifs is 1. The van der Waals surface area contributed by atoms with Crippen LogP contribution in [0.4, 0.5) is 0 Å². The van der Waals surface area contributed by atoms with Crippen LogP contribution in [0.3, 0.4) is 0 Å². The Bertz CT molecular complexity index is 384. The molecule has 1 aromatic heterocycles. The van der Waals surface area contributed by atoms with E-state index in [0.717, 1.165) is 40.4 Å². The molecule has 0 N–H and O–H groups in total. The molecule has 0 aliphatic heterocycles. The number of nitrogens with zero attached hydrogens (tertiary/aromatic N) is 1. The van der Waals surface area contributed by atoms with Crippen LogP contribution in [0.1, 0.15) is 17.7 Å². The highest BCUT2D eigenvalue weighted by atomic mass is 79.9. The minimum absolute atomic E-state index is 0.786. The Morgan fingerprint density at radius 1 is 1.46 bits per heavy atom. The van der Waals surface area contributed by atoms with Crippen LogP contribution < -0.4 is 0 Å². The number of pyridine rings is 1. The molecule has 0 bridgehead atoms. The average molecular weight is 238 g/mol. The van der Waals surface area contributed by atoms with Gasteiger partial charge in [0.15, 0.2) is 0 Å². The van der Waals surface area contributed by atoms with Crippen LogP contribution in [-0.2, 0) is 11.2 Å². The fourth-order valence-electron chi connectivity index (χ4n) is 1.48. The minimum atomic E-state index is 0.786. The number of aldehydes is 1. The van der Waals surface area contributed by atoms with E-state index < -0.39 is 0 Å². The first-order chi connectivity index (χ1) is 6.33. The summed E-state index contributed by atoms with van der Waals surface area (Å²) in [6.45, 7) is 0. The summed E-state index contributed by atoms with van der Waals surface area (Å²) in [5.41, 5.74) is 2.95. The Labute approximate surface area is 84.8 Å². The van der Waals surface area contributed by atoms with Crippen molar-refractivity contribution in [3.63, 3.8) is 0 Å². The number of halogens is 1. The molecule has 0 saturated carbocycles. The summed E-state index contributed by atoms with van der Waals surface area (Å²) in [6.07, 6.45) is 4.35. The Kier molecular flexibility index (Phi) is 2.27. The molecule has 0 aromatic carbocycles. The van der Waals surface area contributed by atoms with Gasteiger partial charge >= 0.3 is 0 Å². The van der Waals surface area contributed by atoms with Crippen LogP contribution in [0.15, 0.2) is 23.9 Å². The van der Waals surface area contributed by atoms with Gasteiger partial charge in [-0.05, 0) is 34.8 Å². The lowest BCUT2D eigenvalue weighted by atomic mass is 9.97. The SMILES string of the molecule is O=CC1=C(Br)c2cccnc2CC1. The maximum Gasteiger partial charge on any atom is 0.147 e. The summed E-state index contributed by atoms with van der Waals surface area (Å²) in [6, 6.07) is 3.86. The third-order valence-corrected chi connectivity index (χ3v) is 3.12. The monoisotopic (exact) mass is 237 g/mol. The lowest BCUT2D eigenvalue weighted by Crippen LogP contribution is -2.04. The van der Waals surface area contributed by atoms with Crippen LogP contribution in [-0.4, -0.2) is 11.3 Å². The molecule has 0 unspecified atom stereocenters. The minimum Gasteiger partial charge on any atom is -0.298 e. The quantitative estimate of drug-likeness (QED) is 0.703. The zero-order valence-corrected chi connectivity index (χ0v) is 8.54. The van der Waals surface area contributed by atoms with Gasteiger partial charge in [-0.2, -0.15) is 0 Å². The average Bonchev–Trinajstić information content (AvgIpc) is 2.19. The molecule has 2 nitrogen and oxygen atoms in total. The molecular formula is C10H8BrNO. The summed E-state index contributed by atoms with van der Waals surface area (Å²) in [5.74, 6) is 0. The molecule has 2 rings (SSSR count). The second kappa shape index (κ2) is 3.42. The van der Waals surface area contributed by atoms with Crippen molar-refractivity contribution in [3.8, 4) is 0 Å². The molecule has 0 amide bonds. The summed E-state index contributed by atoms with van der Waals surface area (Å²) in [4.78, 5) is 14.9. The maximum atomic E-state index is 10.7. The molecule has 13 heavy (non-hydrogen) atoms. The topological polar surface area (TPSA) is 30.0 Å². The Morgan fingerprint density at radius 3 is 3.08 bits per heavy atom. The molecule has 0 atom stereocenters. The van der Waals surface area contributed by atoms with Gasteiger partial charge in [0.05, 0.1) is 0 Å². The van der Waals surface area contributed by atoms with E-state index >= 15 is 0 Å². The van der Waals surface area contributed by atoms with E-state index in [4.69, 9.17) is 0 Å². The van der Waals surface area contributed by atoms with Gasteiger partial charge in [-0.3, -0.25) is 9.78 Å². The molecule has 0 spiro atoms. The van der Waals surface area contributed by atoms with Gasteiger partial charge in [-0.25, -0.2) is 0 Å². The number of rotatable bonds is 1. The summed E-state index contributed by atoms with van der Waals surface area (Å²) >= 11 is 3.42. The van der Waals surface area contributed by atoms with Gasteiger partial charge in [0, 0.05) is 27.5 Å². The fraction of sp³-hybridized carbons (Fsp3) is 0.200.